The van der Waals surface area contributed by atoms with Crippen LogP contribution in [-0.2, 0) is 0 Å². The lowest BCUT2D eigenvalue weighted by Gasteiger charge is -2.17. The molecule has 0 radical (unpaired) electrons. The van der Waals surface area contributed by atoms with Gasteiger partial charge in [0.2, 0.25) is 0 Å². The first-order valence-electron chi connectivity index (χ1n) is 6.41. The molecule has 3 nitrogen and oxygen atoms in total. The standard InChI is InChI=1S/C14H23NO2S/c1-3-8-15-12(7-9-16)11-18-14-6-4-5-13(10-14)17-2/h4-6,10,12,15-16H,3,7-9,11H2,1-2H3. The van der Waals surface area contributed by atoms with Crippen LogP contribution in [0.25, 0.3) is 0 Å². The fraction of sp³-hybridized carbons (Fsp3) is 0.571. The van der Waals surface area contributed by atoms with E-state index in [-0.39, 0.29) is 6.61 Å². The van der Waals surface area contributed by atoms with Gasteiger partial charge in [-0.1, -0.05) is 13.0 Å². The first kappa shape index (κ1) is 15.3. The molecule has 1 aromatic rings. The lowest BCUT2D eigenvalue weighted by Crippen LogP contribution is -2.32. The number of rotatable bonds is 9. The molecule has 0 heterocycles. The number of hydrogen-bond acceptors (Lipinski definition) is 4. The van der Waals surface area contributed by atoms with Crippen molar-refractivity contribution in [1.82, 2.24) is 5.32 Å². The van der Waals surface area contributed by atoms with Gasteiger partial charge in [0.25, 0.3) is 0 Å². The van der Waals surface area contributed by atoms with Crippen molar-refractivity contribution in [3.8, 4) is 5.75 Å². The third kappa shape index (κ3) is 5.76. The fourth-order valence-electron chi connectivity index (χ4n) is 1.64. The smallest absolute Gasteiger partial charge is 0.119 e. The molecule has 4 heteroatoms. The van der Waals surface area contributed by atoms with E-state index in [0.717, 1.165) is 30.9 Å². The zero-order valence-electron chi connectivity index (χ0n) is 11.2. The normalized spacial score (nSPS) is 12.4. The molecule has 0 saturated heterocycles. The number of thioether (sulfide) groups is 1. The van der Waals surface area contributed by atoms with Crippen molar-refractivity contribution in [2.75, 3.05) is 26.0 Å². The molecule has 18 heavy (non-hydrogen) atoms. The minimum atomic E-state index is 0.236. The summed E-state index contributed by atoms with van der Waals surface area (Å²) in [5, 5.41) is 12.5. The number of aliphatic hydroxyl groups excluding tert-OH is 1. The second-order valence-electron chi connectivity index (χ2n) is 4.15. The lowest BCUT2D eigenvalue weighted by atomic mass is 10.2. The van der Waals surface area contributed by atoms with Crippen molar-refractivity contribution in [3.05, 3.63) is 24.3 Å². The van der Waals surface area contributed by atoms with Gasteiger partial charge >= 0.3 is 0 Å². The van der Waals surface area contributed by atoms with Gasteiger partial charge in [0, 0.05) is 23.3 Å². The molecule has 1 rings (SSSR count). The fourth-order valence-corrected chi connectivity index (χ4v) is 2.69. The van der Waals surface area contributed by atoms with Crippen LogP contribution in [0, 0.1) is 0 Å². The highest BCUT2D eigenvalue weighted by Crippen LogP contribution is 2.23. The van der Waals surface area contributed by atoms with Gasteiger partial charge in [0.15, 0.2) is 0 Å². The Morgan fingerprint density at radius 1 is 1.44 bits per heavy atom. The quantitative estimate of drug-likeness (QED) is 0.676. The van der Waals surface area contributed by atoms with E-state index in [0.29, 0.717) is 6.04 Å². The zero-order valence-corrected chi connectivity index (χ0v) is 12.0. The van der Waals surface area contributed by atoms with Crippen LogP contribution >= 0.6 is 11.8 Å². The van der Waals surface area contributed by atoms with Gasteiger partial charge in [0.05, 0.1) is 7.11 Å². The topological polar surface area (TPSA) is 41.5 Å². The summed E-state index contributed by atoms with van der Waals surface area (Å²) in [7, 11) is 1.68. The second-order valence-corrected chi connectivity index (χ2v) is 5.25. The number of aliphatic hydroxyl groups is 1. The average Bonchev–Trinajstić information content (AvgIpc) is 2.42. The predicted octanol–water partition coefficient (Wildman–Crippen LogP) is 2.54. The van der Waals surface area contributed by atoms with E-state index < -0.39 is 0 Å². The summed E-state index contributed by atoms with van der Waals surface area (Å²) in [5.41, 5.74) is 0. The number of nitrogens with one attached hydrogen (secondary N) is 1. The molecule has 0 saturated carbocycles. The van der Waals surface area contributed by atoms with Crippen LogP contribution in [-0.4, -0.2) is 37.2 Å². The molecule has 0 spiro atoms. The summed E-state index contributed by atoms with van der Waals surface area (Å²) in [6.07, 6.45) is 1.92. The van der Waals surface area contributed by atoms with Crippen molar-refractivity contribution in [2.45, 2.75) is 30.7 Å². The third-order valence-electron chi connectivity index (χ3n) is 2.65. The second kappa shape index (κ2) is 9.25. The minimum Gasteiger partial charge on any atom is -0.497 e. The Morgan fingerprint density at radius 3 is 2.94 bits per heavy atom. The van der Waals surface area contributed by atoms with Gasteiger partial charge in [-0.3, -0.25) is 0 Å². The molecule has 0 aliphatic rings. The van der Waals surface area contributed by atoms with Crippen molar-refractivity contribution in [3.63, 3.8) is 0 Å². The van der Waals surface area contributed by atoms with E-state index in [1.807, 2.05) is 18.2 Å². The Bertz CT molecular complexity index is 333. The summed E-state index contributed by atoms with van der Waals surface area (Å²) in [4.78, 5) is 1.20. The van der Waals surface area contributed by atoms with Gasteiger partial charge in [-0.15, -0.1) is 11.8 Å². The first-order valence-corrected chi connectivity index (χ1v) is 7.39. The van der Waals surface area contributed by atoms with Crippen LogP contribution < -0.4 is 10.1 Å². The van der Waals surface area contributed by atoms with Crippen LogP contribution in [0.2, 0.25) is 0 Å². The third-order valence-corrected chi connectivity index (χ3v) is 3.81. The summed E-state index contributed by atoms with van der Waals surface area (Å²) in [6.45, 7) is 3.39. The van der Waals surface area contributed by atoms with Crippen LogP contribution in [0.15, 0.2) is 29.2 Å². The molecule has 0 aliphatic heterocycles. The Hall–Kier alpha value is -0.710. The van der Waals surface area contributed by atoms with Crippen molar-refractivity contribution in [1.29, 1.82) is 0 Å². The Labute approximate surface area is 114 Å². The van der Waals surface area contributed by atoms with Gasteiger partial charge in [-0.05, 0) is 37.6 Å². The molecular weight excluding hydrogens is 246 g/mol. The SMILES string of the molecule is CCCNC(CCO)CSc1cccc(OC)c1. The van der Waals surface area contributed by atoms with E-state index in [1.54, 1.807) is 18.9 Å². The van der Waals surface area contributed by atoms with Crippen LogP contribution in [0.1, 0.15) is 19.8 Å². The molecule has 102 valence electrons. The highest BCUT2D eigenvalue weighted by Gasteiger charge is 2.08. The molecule has 0 amide bonds. The van der Waals surface area contributed by atoms with Crippen molar-refractivity contribution in [2.24, 2.45) is 0 Å². The Balaban J connectivity index is 2.44. The van der Waals surface area contributed by atoms with E-state index in [4.69, 9.17) is 9.84 Å². The lowest BCUT2D eigenvalue weighted by molar-refractivity contribution is 0.270. The molecule has 1 unspecified atom stereocenters. The number of ether oxygens (including phenoxy) is 1. The number of methoxy groups -OCH3 is 1. The summed E-state index contributed by atoms with van der Waals surface area (Å²) in [5.74, 6) is 1.86. The number of hydrogen-bond donors (Lipinski definition) is 2. The molecule has 0 bridgehead atoms. The average molecular weight is 269 g/mol. The maximum Gasteiger partial charge on any atom is 0.119 e. The van der Waals surface area contributed by atoms with Gasteiger partial charge < -0.3 is 15.2 Å². The summed E-state index contributed by atoms with van der Waals surface area (Å²) < 4.78 is 5.21. The van der Waals surface area contributed by atoms with Crippen molar-refractivity contribution >= 4 is 11.8 Å². The van der Waals surface area contributed by atoms with Crippen LogP contribution in [0.3, 0.4) is 0 Å². The van der Waals surface area contributed by atoms with Crippen LogP contribution in [0.4, 0.5) is 0 Å². The monoisotopic (exact) mass is 269 g/mol. The highest BCUT2D eigenvalue weighted by atomic mass is 32.2. The highest BCUT2D eigenvalue weighted by molar-refractivity contribution is 7.99. The summed E-state index contributed by atoms with van der Waals surface area (Å²) in [6, 6.07) is 8.45. The molecule has 0 aromatic heterocycles. The first-order chi connectivity index (χ1) is 8.80. The largest absolute Gasteiger partial charge is 0.497 e. The zero-order chi connectivity index (χ0) is 13.2. The van der Waals surface area contributed by atoms with Gasteiger partial charge in [-0.25, -0.2) is 0 Å². The van der Waals surface area contributed by atoms with Gasteiger partial charge in [-0.2, -0.15) is 0 Å². The van der Waals surface area contributed by atoms with Crippen molar-refractivity contribution < 1.29 is 9.84 Å². The maximum atomic E-state index is 9.05. The minimum absolute atomic E-state index is 0.236. The predicted molar refractivity (Wildman–Crippen MR) is 77.5 cm³/mol. The molecular formula is C14H23NO2S. The maximum absolute atomic E-state index is 9.05. The van der Waals surface area contributed by atoms with Gasteiger partial charge in [0.1, 0.15) is 5.75 Å². The summed E-state index contributed by atoms with van der Waals surface area (Å²) >= 11 is 1.79. The van der Waals surface area contributed by atoms with E-state index in [2.05, 4.69) is 18.3 Å². The number of benzene rings is 1. The molecule has 0 aliphatic carbocycles. The molecule has 0 fully saturated rings. The molecule has 2 N–H and O–H groups in total. The Morgan fingerprint density at radius 2 is 2.28 bits per heavy atom. The van der Waals surface area contributed by atoms with E-state index >= 15 is 0 Å². The van der Waals surface area contributed by atoms with Crippen LogP contribution in [0.5, 0.6) is 5.75 Å². The molecule has 1 atom stereocenters. The van der Waals surface area contributed by atoms with E-state index in [1.165, 1.54) is 4.90 Å². The molecule has 1 aromatic carbocycles. The van der Waals surface area contributed by atoms with E-state index in [9.17, 15) is 0 Å². The Kier molecular flexibility index (Phi) is 7.89.